The van der Waals surface area contributed by atoms with Gasteiger partial charge in [0.25, 0.3) is 5.69 Å². The van der Waals surface area contributed by atoms with Gasteiger partial charge in [0.2, 0.25) is 0 Å². The van der Waals surface area contributed by atoms with E-state index in [1.165, 1.54) is 6.20 Å². The Balaban J connectivity index is 3.05. The number of carboxylic acids is 1. The first-order chi connectivity index (χ1) is 8.81. The Morgan fingerprint density at radius 3 is 2.63 bits per heavy atom. The van der Waals surface area contributed by atoms with E-state index in [1.54, 1.807) is 17.9 Å². The van der Waals surface area contributed by atoms with Crippen molar-refractivity contribution in [2.24, 2.45) is 5.92 Å². The van der Waals surface area contributed by atoms with Crippen LogP contribution in [0.4, 0.5) is 11.5 Å². The number of carbonyl (C=O) groups is 1. The molecule has 104 valence electrons. The van der Waals surface area contributed by atoms with Crippen LogP contribution in [0.25, 0.3) is 0 Å². The monoisotopic (exact) mass is 267 g/mol. The molecule has 7 nitrogen and oxygen atoms in total. The summed E-state index contributed by atoms with van der Waals surface area (Å²) in [5.74, 6) is -0.255. The van der Waals surface area contributed by atoms with Crippen molar-refractivity contribution in [1.82, 2.24) is 4.98 Å². The lowest BCUT2D eigenvalue weighted by Crippen LogP contribution is -2.33. The standard InChI is InChI=1S/C12H17N3O4/c1-8(2)6-14(7-12(16)17)11-4-9(3)10(5-13-11)15(18)19/h4-5,8H,6-7H2,1-3H3,(H,16,17). The van der Waals surface area contributed by atoms with Crippen molar-refractivity contribution >= 4 is 17.5 Å². The average Bonchev–Trinajstić information content (AvgIpc) is 2.26. The highest BCUT2D eigenvalue weighted by Crippen LogP contribution is 2.21. The van der Waals surface area contributed by atoms with Crippen LogP contribution in [-0.2, 0) is 4.79 Å². The van der Waals surface area contributed by atoms with Gasteiger partial charge >= 0.3 is 5.97 Å². The van der Waals surface area contributed by atoms with E-state index in [0.29, 0.717) is 17.9 Å². The molecule has 0 unspecified atom stereocenters. The number of nitrogens with zero attached hydrogens (tertiary/aromatic N) is 3. The average molecular weight is 267 g/mol. The number of pyridine rings is 1. The van der Waals surface area contributed by atoms with Gasteiger partial charge in [0.1, 0.15) is 18.6 Å². The van der Waals surface area contributed by atoms with Crippen molar-refractivity contribution in [2.75, 3.05) is 18.0 Å². The normalized spacial score (nSPS) is 10.5. The summed E-state index contributed by atoms with van der Waals surface area (Å²) in [4.78, 5) is 26.6. The van der Waals surface area contributed by atoms with Gasteiger partial charge in [-0.3, -0.25) is 14.9 Å². The lowest BCUT2D eigenvalue weighted by molar-refractivity contribution is -0.385. The molecule has 1 aromatic rings. The third-order valence-electron chi connectivity index (χ3n) is 2.50. The molecule has 7 heteroatoms. The fourth-order valence-electron chi connectivity index (χ4n) is 1.74. The molecule has 1 heterocycles. The van der Waals surface area contributed by atoms with Gasteiger partial charge in [-0.15, -0.1) is 0 Å². The van der Waals surface area contributed by atoms with Crippen LogP contribution in [0.2, 0.25) is 0 Å². The lowest BCUT2D eigenvalue weighted by Gasteiger charge is -2.23. The highest BCUT2D eigenvalue weighted by Gasteiger charge is 2.17. The molecule has 0 saturated heterocycles. The summed E-state index contributed by atoms with van der Waals surface area (Å²) < 4.78 is 0. The summed E-state index contributed by atoms with van der Waals surface area (Å²) >= 11 is 0. The number of aryl methyl sites for hydroxylation is 1. The minimum atomic E-state index is -0.960. The second kappa shape index (κ2) is 6.12. The molecule has 0 aliphatic rings. The first kappa shape index (κ1) is 14.9. The number of aromatic nitrogens is 1. The highest BCUT2D eigenvalue weighted by molar-refractivity contribution is 5.73. The number of hydrogen-bond donors (Lipinski definition) is 1. The van der Waals surface area contributed by atoms with Crippen LogP contribution >= 0.6 is 0 Å². The number of rotatable bonds is 6. The van der Waals surface area contributed by atoms with Gasteiger partial charge in [-0.05, 0) is 18.9 Å². The fourth-order valence-corrected chi connectivity index (χ4v) is 1.74. The van der Waals surface area contributed by atoms with Gasteiger partial charge in [-0.1, -0.05) is 13.8 Å². The summed E-state index contributed by atoms with van der Waals surface area (Å²) in [6.45, 7) is 5.89. The summed E-state index contributed by atoms with van der Waals surface area (Å²) in [5, 5.41) is 19.6. The predicted molar refractivity (Wildman–Crippen MR) is 70.3 cm³/mol. The maximum Gasteiger partial charge on any atom is 0.323 e. The zero-order valence-corrected chi connectivity index (χ0v) is 11.2. The third kappa shape index (κ3) is 4.20. The van der Waals surface area contributed by atoms with Crippen LogP contribution in [0, 0.1) is 23.0 Å². The molecule has 0 spiro atoms. The molecule has 1 rings (SSSR count). The maximum absolute atomic E-state index is 10.8. The summed E-state index contributed by atoms with van der Waals surface area (Å²) in [6, 6.07) is 1.55. The van der Waals surface area contributed by atoms with Gasteiger partial charge in [-0.25, -0.2) is 4.98 Å². The highest BCUT2D eigenvalue weighted by atomic mass is 16.6. The second-order valence-electron chi connectivity index (χ2n) is 4.75. The molecule has 0 aromatic carbocycles. The third-order valence-corrected chi connectivity index (χ3v) is 2.50. The molecule has 0 aliphatic carbocycles. The minimum absolute atomic E-state index is 0.0661. The first-order valence-corrected chi connectivity index (χ1v) is 5.89. The van der Waals surface area contributed by atoms with E-state index < -0.39 is 10.9 Å². The van der Waals surface area contributed by atoms with E-state index >= 15 is 0 Å². The molecule has 1 aromatic heterocycles. The van der Waals surface area contributed by atoms with E-state index in [-0.39, 0.29) is 18.2 Å². The van der Waals surface area contributed by atoms with Gasteiger partial charge in [0.15, 0.2) is 0 Å². The number of anilines is 1. The van der Waals surface area contributed by atoms with Crippen molar-refractivity contribution in [3.63, 3.8) is 0 Å². The summed E-state index contributed by atoms with van der Waals surface area (Å²) in [7, 11) is 0. The van der Waals surface area contributed by atoms with E-state index in [1.807, 2.05) is 13.8 Å². The number of nitro groups is 1. The van der Waals surface area contributed by atoms with E-state index in [4.69, 9.17) is 5.11 Å². The Morgan fingerprint density at radius 2 is 2.21 bits per heavy atom. The van der Waals surface area contributed by atoms with Gasteiger partial charge in [0, 0.05) is 12.1 Å². The largest absolute Gasteiger partial charge is 0.480 e. The van der Waals surface area contributed by atoms with Gasteiger partial charge in [0.05, 0.1) is 4.92 Å². The van der Waals surface area contributed by atoms with Crippen LogP contribution < -0.4 is 4.90 Å². The van der Waals surface area contributed by atoms with Crippen LogP contribution in [0.3, 0.4) is 0 Å². The molecule has 0 atom stereocenters. The number of hydrogen-bond acceptors (Lipinski definition) is 5. The van der Waals surface area contributed by atoms with Crippen LogP contribution in [0.15, 0.2) is 12.3 Å². The second-order valence-corrected chi connectivity index (χ2v) is 4.75. The summed E-state index contributed by atoms with van der Waals surface area (Å²) in [5.41, 5.74) is 0.401. The van der Waals surface area contributed by atoms with Crippen molar-refractivity contribution in [2.45, 2.75) is 20.8 Å². The smallest absolute Gasteiger partial charge is 0.323 e. The molecular formula is C12H17N3O4. The Bertz CT molecular complexity index is 488. The maximum atomic E-state index is 10.8. The zero-order chi connectivity index (χ0) is 14.6. The van der Waals surface area contributed by atoms with E-state index in [2.05, 4.69) is 4.98 Å². The molecule has 0 radical (unpaired) electrons. The Morgan fingerprint density at radius 1 is 1.58 bits per heavy atom. The SMILES string of the molecule is Cc1cc(N(CC(=O)O)CC(C)C)ncc1[N+](=O)[O-]. The molecule has 0 aliphatic heterocycles. The first-order valence-electron chi connectivity index (χ1n) is 5.89. The molecule has 0 fully saturated rings. The Kier molecular flexibility index (Phi) is 4.80. The quantitative estimate of drug-likeness (QED) is 0.624. The van der Waals surface area contributed by atoms with Gasteiger partial charge in [-0.2, -0.15) is 0 Å². The van der Waals surface area contributed by atoms with Crippen molar-refractivity contribution in [3.05, 3.63) is 27.9 Å². The number of carboxylic acid groups (broad SMARTS) is 1. The molecular weight excluding hydrogens is 250 g/mol. The molecule has 1 N–H and O–H groups in total. The van der Waals surface area contributed by atoms with Crippen LogP contribution in [-0.4, -0.2) is 34.1 Å². The van der Waals surface area contributed by atoms with Crippen LogP contribution in [0.1, 0.15) is 19.4 Å². The minimum Gasteiger partial charge on any atom is -0.480 e. The molecule has 0 saturated carbocycles. The number of aliphatic carboxylic acids is 1. The van der Waals surface area contributed by atoms with Crippen LogP contribution in [0.5, 0.6) is 0 Å². The van der Waals surface area contributed by atoms with Crippen molar-refractivity contribution in [1.29, 1.82) is 0 Å². The molecule has 0 amide bonds. The topological polar surface area (TPSA) is 96.6 Å². The molecule has 0 bridgehead atoms. The Labute approximate surface area is 111 Å². The van der Waals surface area contributed by atoms with Gasteiger partial charge < -0.3 is 10.0 Å². The van der Waals surface area contributed by atoms with Crippen molar-refractivity contribution in [3.8, 4) is 0 Å². The zero-order valence-electron chi connectivity index (χ0n) is 11.2. The van der Waals surface area contributed by atoms with E-state index in [0.717, 1.165) is 0 Å². The predicted octanol–water partition coefficient (Wildman–Crippen LogP) is 1.85. The fraction of sp³-hybridized carbons (Fsp3) is 0.500. The van der Waals surface area contributed by atoms with Crippen molar-refractivity contribution < 1.29 is 14.8 Å². The summed E-state index contributed by atoms with van der Waals surface area (Å²) in [6.07, 6.45) is 1.17. The Hall–Kier alpha value is -2.18. The molecule has 19 heavy (non-hydrogen) atoms. The lowest BCUT2D eigenvalue weighted by atomic mass is 10.2. The van der Waals surface area contributed by atoms with E-state index in [9.17, 15) is 14.9 Å².